The molecular formula is C23H11Cl4F7N2O. The van der Waals surface area contributed by atoms with E-state index in [1.807, 2.05) is 0 Å². The number of allylic oxidation sites excluding steroid dienone is 1. The number of rotatable bonds is 5. The van der Waals surface area contributed by atoms with Gasteiger partial charge in [-0.2, -0.15) is 26.3 Å². The Bertz CT molecular complexity index is 1330. The first-order chi connectivity index (χ1) is 17.1. The molecule has 3 nitrogen and oxygen atoms in total. The van der Waals surface area contributed by atoms with Crippen molar-refractivity contribution in [1.29, 1.82) is 0 Å². The van der Waals surface area contributed by atoms with Gasteiger partial charge in [0.15, 0.2) is 0 Å². The fourth-order valence-electron chi connectivity index (χ4n) is 3.15. The number of carbonyl (C=O) groups is 1. The monoisotopic (exact) mass is 604 g/mol. The van der Waals surface area contributed by atoms with Crippen molar-refractivity contribution in [1.82, 2.24) is 4.98 Å². The van der Waals surface area contributed by atoms with Gasteiger partial charge in [0.1, 0.15) is 16.9 Å². The van der Waals surface area contributed by atoms with Crippen molar-refractivity contribution in [2.45, 2.75) is 18.3 Å². The minimum atomic E-state index is -5.15. The van der Waals surface area contributed by atoms with E-state index in [2.05, 4.69) is 10.3 Å². The van der Waals surface area contributed by atoms with E-state index in [0.29, 0.717) is 6.07 Å². The molecule has 37 heavy (non-hydrogen) atoms. The minimum absolute atomic E-state index is 0.0194. The van der Waals surface area contributed by atoms with Gasteiger partial charge >= 0.3 is 12.4 Å². The summed E-state index contributed by atoms with van der Waals surface area (Å²) < 4.78 is 97.3. The number of anilines is 1. The Morgan fingerprint density at radius 2 is 1.54 bits per heavy atom. The summed E-state index contributed by atoms with van der Waals surface area (Å²) in [5, 5.41) is 1.36. The van der Waals surface area contributed by atoms with Gasteiger partial charge in [-0.1, -0.05) is 52.5 Å². The molecule has 0 bridgehead atoms. The molecule has 1 N–H and O–H groups in total. The number of aromatic nitrogens is 1. The van der Waals surface area contributed by atoms with Crippen LogP contribution in [0.3, 0.4) is 0 Å². The van der Waals surface area contributed by atoms with Crippen LogP contribution in [0.1, 0.15) is 33.0 Å². The van der Waals surface area contributed by atoms with E-state index >= 15 is 0 Å². The lowest BCUT2D eigenvalue weighted by Crippen LogP contribution is -2.20. The predicted molar refractivity (Wildman–Crippen MR) is 128 cm³/mol. The largest absolute Gasteiger partial charge is 0.417 e. The average Bonchev–Trinajstić information content (AvgIpc) is 2.80. The van der Waals surface area contributed by atoms with Crippen LogP contribution in [-0.4, -0.2) is 17.1 Å². The third-order valence-electron chi connectivity index (χ3n) is 4.86. The maximum absolute atomic E-state index is 14.9. The van der Waals surface area contributed by atoms with Gasteiger partial charge in [0.2, 0.25) is 0 Å². The molecule has 1 unspecified atom stereocenters. The highest BCUT2D eigenvalue weighted by atomic mass is 35.5. The molecule has 1 heterocycles. The Morgan fingerprint density at radius 1 is 0.919 bits per heavy atom. The van der Waals surface area contributed by atoms with Crippen molar-refractivity contribution in [3.63, 3.8) is 0 Å². The van der Waals surface area contributed by atoms with Crippen molar-refractivity contribution in [3.8, 4) is 0 Å². The number of pyridine rings is 1. The van der Waals surface area contributed by atoms with Crippen LogP contribution in [0.15, 0.2) is 54.7 Å². The molecule has 0 aliphatic carbocycles. The molecule has 0 fully saturated rings. The topological polar surface area (TPSA) is 42.0 Å². The van der Waals surface area contributed by atoms with Gasteiger partial charge in [0.05, 0.1) is 38.1 Å². The number of benzene rings is 2. The Labute approximate surface area is 224 Å². The Kier molecular flexibility index (Phi) is 8.68. The second-order valence-corrected chi connectivity index (χ2v) is 8.99. The highest BCUT2D eigenvalue weighted by Gasteiger charge is 2.41. The van der Waals surface area contributed by atoms with Gasteiger partial charge < -0.3 is 5.32 Å². The number of nitrogens with one attached hydrogen (secondary N) is 1. The zero-order chi connectivity index (χ0) is 27.7. The lowest BCUT2D eigenvalue weighted by Gasteiger charge is -2.19. The molecule has 1 amide bonds. The standard InChI is InChI=1S/C23H11Cl4F7N2O/c24-16-6-11(7-17(25)20(16)27)14(22(29,30)31)8-18(28)10-1-3-13(15(5-10)23(32,33)34)21(37)36-12-2-4-19(26)35-9-12/h1-9,14H,(H,36,37)/b18-8-. The summed E-state index contributed by atoms with van der Waals surface area (Å²) in [5.74, 6) is -5.48. The van der Waals surface area contributed by atoms with Crippen LogP contribution in [-0.2, 0) is 6.18 Å². The van der Waals surface area contributed by atoms with E-state index in [9.17, 15) is 35.5 Å². The highest BCUT2D eigenvalue weighted by molar-refractivity contribution is 6.48. The Morgan fingerprint density at radius 3 is 2.05 bits per heavy atom. The fraction of sp³-hybridized carbons (Fsp3) is 0.130. The van der Waals surface area contributed by atoms with E-state index in [4.69, 9.17) is 46.4 Å². The van der Waals surface area contributed by atoms with Gasteiger partial charge in [-0.05, 0) is 48.0 Å². The molecule has 0 aliphatic rings. The molecule has 14 heteroatoms. The van der Waals surface area contributed by atoms with Gasteiger partial charge in [-0.3, -0.25) is 4.79 Å². The molecule has 2 aromatic carbocycles. The molecule has 0 saturated carbocycles. The van der Waals surface area contributed by atoms with Gasteiger partial charge in [0.25, 0.3) is 5.91 Å². The van der Waals surface area contributed by atoms with Crippen molar-refractivity contribution >= 4 is 63.8 Å². The van der Waals surface area contributed by atoms with Gasteiger partial charge in [0, 0.05) is 5.56 Å². The predicted octanol–water partition coefficient (Wildman–Crippen LogP) is 9.62. The lowest BCUT2D eigenvalue weighted by atomic mass is 9.95. The van der Waals surface area contributed by atoms with Crippen molar-refractivity contribution in [3.05, 3.63) is 97.2 Å². The smallest absolute Gasteiger partial charge is 0.321 e. The summed E-state index contributed by atoms with van der Waals surface area (Å²) in [6, 6.07) is 5.81. The van der Waals surface area contributed by atoms with E-state index in [1.54, 1.807) is 0 Å². The molecule has 0 saturated heterocycles. The minimum Gasteiger partial charge on any atom is -0.321 e. The number of hydrogen-bond acceptors (Lipinski definition) is 2. The Balaban J connectivity index is 2.04. The van der Waals surface area contributed by atoms with Crippen LogP contribution in [0.5, 0.6) is 0 Å². The number of carbonyl (C=O) groups excluding carboxylic acids is 1. The third-order valence-corrected chi connectivity index (χ3v) is 6.28. The second-order valence-electron chi connectivity index (χ2n) is 7.41. The number of hydrogen-bond donors (Lipinski definition) is 1. The summed E-state index contributed by atoms with van der Waals surface area (Å²) >= 11 is 22.9. The molecule has 0 radical (unpaired) electrons. The van der Waals surface area contributed by atoms with E-state index < -0.39 is 52.3 Å². The molecule has 3 aromatic rings. The van der Waals surface area contributed by atoms with Crippen LogP contribution in [0.2, 0.25) is 20.2 Å². The fourth-order valence-corrected chi connectivity index (χ4v) is 3.88. The summed E-state index contributed by atoms with van der Waals surface area (Å²) in [5.41, 5.74) is -3.90. The molecule has 1 atom stereocenters. The molecule has 0 aliphatic heterocycles. The molecule has 0 spiro atoms. The van der Waals surface area contributed by atoms with E-state index in [-0.39, 0.29) is 38.1 Å². The average molecular weight is 606 g/mol. The zero-order valence-electron chi connectivity index (χ0n) is 17.8. The molecule has 1 aromatic heterocycles. The van der Waals surface area contributed by atoms with Crippen molar-refractivity contribution in [2.24, 2.45) is 0 Å². The van der Waals surface area contributed by atoms with Crippen LogP contribution in [0, 0.1) is 0 Å². The summed E-state index contributed by atoms with van der Waals surface area (Å²) in [4.78, 5) is 16.1. The number of nitrogens with zero attached hydrogens (tertiary/aromatic N) is 1. The van der Waals surface area contributed by atoms with E-state index in [0.717, 1.165) is 24.4 Å². The first-order valence-electron chi connectivity index (χ1n) is 9.81. The number of amides is 1. The molecule has 196 valence electrons. The van der Waals surface area contributed by atoms with Crippen molar-refractivity contribution in [2.75, 3.05) is 5.32 Å². The van der Waals surface area contributed by atoms with Crippen LogP contribution in [0.4, 0.5) is 36.4 Å². The Hall–Kier alpha value is -2.53. The third kappa shape index (κ3) is 7.07. The second kappa shape index (κ2) is 11.1. The SMILES string of the molecule is O=C(Nc1ccc(Cl)nc1)c1ccc(/C(F)=C/C(c2cc(Cl)c(Cl)c(Cl)c2)C(F)(F)F)cc1C(F)(F)F. The quantitative estimate of drug-likeness (QED) is 0.179. The van der Waals surface area contributed by atoms with Crippen LogP contribution < -0.4 is 5.32 Å². The first kappa shape index (κ1) is 29.0. The van der Waals surface area contributed by atoms with Gasteiger partial charge in [-0.25, -0.2) is 9.37 Å². The van der Waals surface area contributed by atoms with Crippen LogP contribution in [0.25, 0.3) is 5.83 Å². The summed E-state index contributed by atoms with van der Waals surface area (Å²) in [7, 11) is 0. The highest BCUT2D eigenvalue weighted by Crippen LogP contribution is 2.43. The van der Waals surface area contributed by atoms with E-state index in [1.165, 1.54) is 12.1 Å². The number of halogens is 11. The zero-order valence-corrected chi connectivity index (χ0v) is 20.8. The first-order valence-corrected chi connectivity index (χ1v) is 11.3. The van der Waals surface area contributed by atoms with Gasteiger partial charge in [-0.15, -0.1) is 0 Å². The summed E-state index contributed by atoms with van der Waals surface area (Å²) in [6.07, 6.45) is -9.06. The normalized spacial score (nSPS) is 13.4. The maximum atomic E-state index is 14.9. The van der Waals surface area contributed by atoms with Crippen molar-refractivity contribution < 1.29 is 35.5 Å². The number of alkyl halides is 6. The molecular weight excluding hydrogens is 595 g/mol. The lowest BCUT2D eigenvalue weighted by molar-refractivity contribution is -0.140. The maximum Gasteiger partial charge on any atom is 0.417 e. The summed E-state index contributed by atoms with van der Waals surface area (Å²) in [6.45, 7) is 0. The molecule has 3 rings (SSSR count). The van der Waals surface area contributed by atoms with Crippen LogP contribution >= 0.6 is 46.4 Å².